The van der Waals surface area contributed by atoms with Crippen LogP contribution < -0.4 is 10.6 Å². The van der Waals surface area contributed by atoms with Gasteiger partial charge in [0, 0.05) is 6.21 Å². The number of alkyl carbamates (subject to hydrolysis) is 1. The molecule has 2 N–H and O–H groups in total. The van der Waals surface area contributed by atoms with E-state index in [9.17, 15) is 9.59 Å². The molecule has 6 heteroatoms. The van der Waals surface area contributed by atoms with Crippen molar-refractivity contribution in [1.29, 1.82) is 0 Å². The first-order valence-corrected chi connectivity index (χ1v) is 9.21. The summed E-state index contributed by atoms with van der Waals surface area (Å²) in [5, 5.41) is 5.65. The third kappa shape index (κ3) is 6.65. The van der Waals surface area contributed by atoms with Crippen LogP contribution in [0.25, 0.3) is 0 Å². The maximum Gasteiger partial charge on any atom is 0.408 e. The van der Waals surface area contributed by atoms with Gasteiger partial charge in [-0.05, 0) is 72.5 Å². The second kappa shape index (κ2) is 9.01. The zero-order valence-corrected chi connectivity index (χ0v) is 17.1. The Morgan fingerprint density at radius 1 is 1.31 bits per heavy atom. The summed E-state index contributed by atoms with van der Waals surface area (Å²) in [4.78, 5) is 29.0. The topological polar surface area (TPSA) is 79.8 Å². The molecule has 1 rings (SSSR count). The first-order chi connectivity index (χ1) is 12.0. The van der Waals surface area contributed by atoms with Crippen molar-refractivity contribution in [3.05, 3.63) is 23.4 Å². The maximum atomic E-state index is 12.6. The van der Waals surface area contributed by atoms with Crippen LogP contribution in [0.3, 0.4) is 0 Å². The molecule has 1 fully saturated rings. The number of aliphatic imine (C=N–C) groups is 1. The van der Waals surface area contributed by atoms with Crippen LogP contribution in [0.15, 0.2) is 28.4 Å². The predicted octanol–water partition coefficient (Wildman–Crippen LogP) is 3.88. The lowest BCUT2D eigenvalue weighted by atomic mass is 10.0. The molecule has 0 saturated heterocycles. The average molecular weight is 364 g/mol. The monoisotopic (exact) mass is 363 g/mol. The van der Waals surface area contributed by atoms with Crippen LogP contribution in [0.4, 0.5) is 4.79 Å². The summed E-state index contributed by atoms with van der Waals surface area (Å²) >= 11 is 0. The van der Waals surface area contributed by atoms with Crippen molar-refractivity contribution in [2.45, 2.75) is 84.9 Å². The number of rotatable bonds is 7. The van der Waals surface area contributed by atoms with Gasteiger partial charge in [-0.2, -0.15) is 0 Å². The third-order valence-corrected chi connectivity index (χ3v) is 4.11. The summed E-state index contributed by atoms with van der Waals surface area (Å²) in [5.41, 5.74) is 1.03. The van der Waals surface area contributed by atoms with E-state index >= 15 is 0 Å². The molecule has 0 spiro atoms. The molecule has 26 heavy (non-hydrogen) atoms. The number of carbonyl (C=O) groups is 2. The second-order valence-corrected chi connectivity index (χ2v) is 7.73. The van der Waals surface area contributed by atoms with Gasteiger partial charge in [0.05, 0.1) is 11.2 Å². The SMILES string of the molecule is C\C=C/C=N/C(=C(\C)CC)C1(NC(=O)[C@H](C)NC(=O)OC(C)(C)C)CC1. The summed E-state index contributed by atoms with van der Waals surface area (Å²) < 4.78 is 5.20. The molecule has 0 aromatic rings. The van der Waals surface area contributed by atoms with Gasteiger partial charge in [0.25, 0.3) is 0 Å². The summed E-state index contributed by atoms with van der Waals surface area (Å²) in [6.45, 7) is 13.0. The van der Waals surface area contributed by atoms with Gasteiger partial charge in [-0.25, -0.2) is 4.79 Å². The lowest BCUT2D eigenvalue weighted by Crippen LogP contribution is -2.50. The van der Waals surface area contributed by atoms with Crippen molar-refractivity contribution in [3.8, 4) is 0 Å². The number of nitrogens with one attached hydrogen (secondary N) is 2. The largest absolute Gasteiger partial charge is 0.444 e. The molecule has 1 saturated carbocycles. The smallest absolute Gasteiger partial charge is 0.408 e. The van der Waals surface area contributed by atoms with Crippen molar-refractivity contribution in [3.63, 3.8) is 0 Å². The van der Waals surface area contributed by atoms with E-state index in [0.29, 0.717) is 0 Å². The highest BCUT2D eigenvalue weighted by Gasteiger charge is 2.48. The molecule has 0 aliphatic heterocycles. The summed E-state index contributed by atoms with van der Waals surface area (Å²) in [5.74, 6) is -0.240. The molecule has 1 aliphatic carbocycles. The Bertz CT molecular complexity index is 608. The van der Waals surface area contributed by atoms with E-state index in [0.717, 1.165) is 30.5 Å². The van der Waals surface area contributed by atoms with Gasteiger partial charge in [-0.1, -0.05) is 13.0 Å². The quantitative estimate of drug-likeness (QED) is 0.674. The molecule has 0 unspecified atom stereocenters. The van der Waals surface area contributed by atoms with Crippen LogP contribution in [0.5, 0.6) is 0 Å². The van der Waals surface area contributed by atoms with Crippen molar-refractivity contribution in [2.75, 3.05) is 0 Å². The lowest BCUT2D eigenvalue weighted by molar-refractivity contribution is -0.123. The van der Waals surface area contributed by atoms with Crippen molar-refractivity contribution in [2.24, 2.45) is 4.99 Å². The molecule has 146 valence electrons. The van der Waals surface area contributed by atoms with Gasteiger partial charge in [0.1, 0.15) is 11.6 Å². The summed E-state index contributed by atoms with van der Waals surface area (Å²) in [6.07, 6.45) is 7.49. The molecular formula is C20H33N3O3. The third-order valence-electron chi connectivity index (χ3n) is 4.11. The highest BCUT2D eigenvalue weighted by atomic mass is 16.6. The Labute approximate surface area is 157 Å². The Hall–Kier alpha value is -2.11. The van der Waals surface area contributed by atoms with Crippen molar-refractivity contribution >= 4 is 18.2 Å². The van der Waals surface area contributed by atoms with Crippen molar-refractivity contribution < 1.29 is 14.3 Å². The van der Waals surface area contributed by atoms with E-state index in [2.05, 4.69) is 22.5 Å². The zero-order valence-electron chi connectivity index (χ0n) is 17.1. The van der Waals surface area contributed by atoms with Crippen molar-refractivity contribution in [1.82, 2.24) is 10.6 Å². The molecular weight excluding hydrogens is 330 g/mol. The average Bonchev–Trinajstić information content (AvgIpc) is 3.29. The van der Waals surface area contributed by atoms with E-state index in [1.807, 2.05) is 26.0 Å². The minimum Gasteiger partial charge on any atom is -0.444 e. The van der Waals surface area contributed by atoms with Crippen LogP contribution in [0.2, 0.25) is 0 Å². The van der Waals surface area contributed by atoms with Crippen LogP contribution in [-0.2, 0) is 9.53 Å². The van der Waals surface area contributed by atoms with Gasteiger partial charge >= 0.3 is 6.09 Å². The lowest BCUT2D eigenvalue weighted by Gasteiger charge is -2.24. The molecule has 6 nitrogen and oxygen atoms in total. The van der Waals surface area contributed by atoms with Gasteiger partial charge in [-0.15, -0.1) is 0 Å². The fourth-order valence-electron chi connectivity index (χ4n) is 2.45. The number of amides is 2. The molecule has 0 radical (unpaired) electrons. The van der Waals surface area contributed by atoms with Gasteiger partial charge in [0.2, 0.25) is 5.91 Å². The molecule has 1 aliphatic rings. The summed E-state index contributed by atoms with van der Waals surface area (Å²) in [7, 11) is 0. The summed E-state index contributed by atoms with van der Waals surface area (Å²) in [6, 6.07) is -0.690. The minimum absolute atomic E-state index is 0.240. The second-order valence-electron chi connectivity index (χ2n) is 7.73. The first kappa shape index (κ1) is 21.9. The fourth-order valence-corrected chi connectivity index (χ4v) is 2.45. The Morgan fingerprint density at radius 2 is 1.92 bits per heavy atom. The Morgan fingerprint density at radius 3 is 2.38 bits per heavy atom. The fraction of sp³-hybridized carbons (Fsp3) is 0.650. The van der Waals surface area contributed by atoms with Gasteiger partial charge in [0.15, 0.2) is 0 Å². The minimum atomic E-state index is -0.690. The van der Waals surface area contributed by atoms with E-state index in [1.165, 1.54) is 0 Å². The number of ether oxygens (including phenoxy) is 1. The van der Waals surface area contributed by atoms with Crippen LogP contribution >= 0.6 is 0 Å². The standard InChI is InChI=1S/C20H33N3O3/c1-8-10-13-21-16(14(3)9-2)20(11-12-20)23-17(24)15(4)22-18(25)26-19(5,6)7/h8,10,13,15H,9,11-12H2,1-7H3,(H,22,25)(H,23,24)/b10-8-,16-14+,21-13+/t15-/m0/s1. The number of carbonyl (C=O) groups excluding carboxylic acids is 2. The number of nitrogens with zero attached hydrogens (tertiary/aromatic N) is 1. The van der Waals surface area contributed by atoms with Crippen LogP contribution in [0.1, 0.15) is 67.7 Å². The molecule has 2 amide bonds. The normalized spacial score (nSPS) is 18.4. The van der Waals surface area contributed by atoms with Gasteiger partial charge in [-0.3, -0.25) is 9.79 Å². The van der Waals surface area contributed by atoms with E-state index < -0.39 is 23.3 Å². The van der Waals surface area contributed by atoms with E-state index in [4.69, 9.17) is 4.74 Å². The highest BCUT2D eigenvalue weighted by molar-refractivity contribution is 5.86. The van der Waals surface area contributed by atoms with Gasteiger partial charge < -0.3 is 15.4 Å². The molecule has 0 aromatic heterocycles. The molecule has 1 atom stereocenters. The highest BCUT2D eigenvalue weighted by Crippen LogP contribution is 2.44. The van der Waals surface area contributed by atoms with Crippen LogP contribution in [0, 0.1) is 0 Å². The molecule has 0 bridgehead atoms. The molecule has 0 aromatic carbocycles. The Kier molecular flexibility index (Phi) is 7.60. The predicted molar refractivity (Wildman–Crippen MR) is 105 cm³/mol. The maximum absolute atomic E-state index is 12.6. The number of allylic oxidation sites excluding steroid dienone is 3. The number of hydrogen-bond donors (Lipinski definition) is 2. The number of hydrogen-bond acceptors (Lipinski definition) is 4. The Balaban J connectivity index is 2.81. The first-order valence-electron chi connectivity index (χ1n) is 9.21. The van der Waals surface area contributed by atoms with E-state index in [-0.39, 0.29) is 5.91 Å². The molecule has 0 heterocycles. The van der Waals surface area contributed by atoms with E-state index in [1.54, 1.807) is 33.9 Å². The van der Waals surface area contributed by atoms with Crippen LogP contribution in [-0.4, -0.2) is 35.4 Å². The zero-order chi connectivity index (χ0) is 20.0.